The van der Waals surface area contributed by atoms with Gasteiger partial charge in [-0.2, -0.15) is 0 Å². The van der Waals surface area contributed by atoms with Crippen molar-refractivity contribution in [1.29, 1.82) is 0 Å². The van der Waals surface area contributed by atoms with Crippen LogP contribution < -0.4 is 4.74 Å². The largest absolute Gasteiger partial charge is 0.497 e. The summed E-state index contributed by atoms with van der Waals surface area (Å²) in [6, 6.07) is 67.2. The highest BCUT2D eigenvalue weighted by atomic mass is 16.8. The molecule has 74 heavy (non-hydrogen) atoms. The third-order valence-corrected chi connectivity index (χ3v) is 13.0. The lowest BCUT2D eigenvalue weighted by molar-refractivity contribution is -0.374. The number of rotatable bonds is 26. The first kappa shape index (κ1) is 52.8. The van der Waals surface area contributed by atoms with Gasteiger partial charge in [-0.3, -0.25) is 0 Å². The minimum Gasteiger partial charge on any atom is -0.497 e. The molecule has 2 heterocycles. The fourth-order valence-electron chi connectivity index (χ4n) is 9.12. The second kappa shape index (κ2) is 28.0. The molecule has 2 aliphatic rings. The van der Waals surface area contributed by atoms with Crippen molar-refractivity contribution in [2.24, 2.45) is 0 Å². The van der Waals surface area contributed by atoms with Crippen LogP contribution in [-0.4, -0.2) is 86.8 Å². The van der Waals surface area contributed by atoms with Crippen LogP contribution >= 0.6 is 0 Å². The van der Waals surface area contributed by atoms with E-state index < -0.39 is 61.4 Å². The van der Waals surface area contributed by atoms with Gasteiger partial charge < -0.3 is 57.2 Å². The maximum absolute atomic E-state index is 12.0. The molecule has 1 N–H and O–H groups in total. The highest BCUT2D eigenvalue weighted by Crippen LogP contribution is 2.36. The second-order valence-corrected chi connectivity index (χ2v) is 18.4. The van der Waals surface area contributed by atoms with E-state index in [0.29, 0.717) is 6.61 Å². The summed E-state index contributed by atoms with van der Waals surface area (Å²) < 4.78 is 74.3. The molecule has 7 aromatic rings. The molecule has 0 saturated carbocycles. The first-order chi connectivity index (χ1) is 36.6. The first-order valence-corrected chi connectivity index (χ1v) is 25.3. The van der Waals surface area contributed by atoms with Crippen molar-refractivity contribution in [3.63, 3.8) is 0 Å². The predicted octanol–water partition coefficient (Wildman–Crippen LogP) is 10.2. The molecule has 12 heteroatoms. The lowest BCUT2D eigenvalue weighted by Gasteiger charge is -2.49. The number of hydrogen-bond acceptors (Lipinski definition) is 12. The van der Waals surface area contributed by atoms with Gasteiger partial charge in [0.1, 0.15) is 54.6 Å². The summed E-state index contributed by atoms with van der Waals surface area (Å²) >= 11 is 0. The number of aliphatic hydroxyl groups excluding tert-OH is 1. The highest BCUT2D eigenvalue weighted by molar-refractivity contribution is 5.27. The molecule has 9 rings (SSSR count). The van der Waals surface area contributed by atoms with E-state index in [1.165, 1.54) is 0 Å². The van der Waals surface area contributed by atoms with Crippen LogP contribution in [0.2, 0.25) is 0 Å². The van der Waals surface area contributed by atoms with Crippen LogP contribution in [0.3, 0.4) is 0 Å². The molecule has 7 aromatic carbocycles. The molecule has 2 saturated heterocycles. The summed E-state index contributed by atoms with van der Waals surface area (Å²) in [6.07, 6.45) is -9.58. The van der Waals surface area contributed by atoms with E-state index in [2.05, 4.69) is 0 Å². The average Bonchev–Trinajstić information content (AvgIpc) is 3.45. The van der Waals surface area contributed by atoms with Crippen molar-refractivity contribution in [3.8, 4) is 5.75 Å². The minimum atomic E-state index is -1.42. The molecule has 0 radical (unpaired) electrons. The topological polar surface area (TPSA) is 122 Å². The van der Waals surface area contributed by atoms with Crippen LogP contribution in [0.25, 0.3) is 0 Å². The van der Waals surface area contributed by atoms with Crippen LogP contribution in [0.4, 0.5) is 0 Å². The Balaban J connectivity index is 1.10. The van der Waals surface area contributed by atoms with E-state index in [-0.39, 0.29) is 52.9 Å². The van der Waals surface area contributed by atoms with E-state index in [9.17, 15) is 5.11 Å². The molecule has 0 aromatic heterocycles. The normalized spacial score (nSPS) is 23.8. The molecule has 2 aliphatic heterocycles. The molecule has 2 fully saturated rings. The standard InChI is InChI=1S/C62H66O12/c1-64-52-34-32-51(33-35-52)42-71-60-57(68-39-48-26-14-5-15-27-48)55(67-38-47-24-12-4-13-25-47)53(43-65-36-45-20-8-2-9-21-45)73-62(60)74-56-54(44-66-37-46-22-10-3-11-23-46)72-61(63)59(70-41-50-30-18-7-19-31-50)58(56)69-40-49-28-16-6-17-29-49/h2-35,53-63H,36-44H2,1H3/t53-,54-,55+,56+,57+,58+,59-,60-,61-,62-/m1/s1. The number of hydrogen-bond donors (Lipinski definition) is 1. The summed E-state index contributed by atoms with van der Waals surface area (Å²) in [7, 11) is 1.64. The summed E-state index contributed by atoms with van der Waals surface area (Å²) in [4.78, 5) is 0. The van der Waals surface area contributed by atoms with E-state index in [1.807, 2.05) is 206 Å². The molecular weight excluding hydrogens is 937 g/mol. The predicted molar refractivity (Wildman–Crippen MR) is 278 cm³/mol. The van der Waals surface area contributed by atoms with E-state index >= 15 is 0 Å². The quantitative estimate of drug-likeness (QED) is 0.0556. The van der Waals surface area contributed by atoms with Crippen LogP contribution in [-0.2, 0) is 93.6 Å². The highest BCUT2D eigenvalue weighted by Gasteiger charge is 2.54. The Bertz CT molecular complexity index is 2620. The zero-order valence-electron chi connectivity index (χ0n) is 41.7. The molecule has 12 nitrogen and oxygen atoms in total. The molecule has 10 atom stereocenters. The lowest BCUT2D eigenvalue weighted by Crippen LogP contribution is -2.66. The van der Waals surface area contributed by atoms with Gasteiger partial charge in [-0.25, -0.2) is 0 Å². The van der Waals surface area contributed by atoms with Crippen molar-refractivity contribution in [3.05, 3.63) is 245 Å². The van der Waals surface area contributed by atoms with Gasteiger partial charge in [0.05, 0.1) is 66.6 Å². The monoisotopic (exact) mass is 1000 g/mol. The fourth-order valence-corrected chi connectivity index (χ4v) is 9.12. The SMILES string of the molecule is COc1ccc(CO[C@H]2[C@@H](O[C@@H]3[C@H](OCc4ccccc4)[C@@H](OCc4ccccc4)[C@H](O)O[C@@H]3COCc3ccccc3)O[C@H](COCc3ccccc3)[C@H](OCc3ccccc3)[C@@H]2OCc2ccccc2)cc1. The Kier molecular flexibility index (Phi) is 19.9. The van der Waals surface area contributed by atoms with Crippen LogP contribution in [0.5, 0.6) is 5.75 Å². The van der Waals surface area contributed by atoms with E-state index in [1.54, 1.807) is 7.11 Å². The maximum atomic E-state index is 12.0. The smallest absolute Gasteiger partial charge is 0.187 e. The van der Waals surface area contributed by atoms with E-state index in [4.69, 9.17) is 52.1 Å². The Morgan fingerprint density at radius 3 is 1.07 bits per heavy atom. The van der Waals surface area contributed by atoms with Crippen LogP contribution in [0.1, 0.15) is 38.9 Å². The van der Waals surface area contributed by atoms with Crippen molar-refractivity contribution < 1.29 is 57.2 Å². The van der Waals surface area contributed by atoms with Crippen molar-refractivity contribution in [2.75, 3.05) is 20.3 Å². The number of aliphatic hydroxyl groups is 1. The Labute approximate surface area is 434 Å². The number of ether oxygens (including phenoxy) is 11. The minimum absolute atomic E-state index is 0.0255. The van der Waals surface area contributed by atoms with Gasteiger partial charge in [-0.05, 0) is 51.1 Å². The summed E-state index contributed by atoms with van der Waals surface area (Å²) in [6.45, 7) is 1.76. The van der Waals surface area contributed by atoms with Gasteiger partial charge in [0, 0.05) is 0 Å². The number of benzene rings is 7. The number of methoxy groups -OCH3 is 1. The van der Waals surface area contributed by atoms with Gasteiger partial charge >= 0.3 is 0 Å². The maximum Gasteiger partial charge on any atom is 0.187 e. The van der Waals surface area contributed by atoms with Gasteiger partial charge in [0.15, 0.2) is 12.6 Å². The van der Waals surface area contributed by atoms with E-state index in [0.717, 1.165) is 44.7 Å². The zero-order chi connectivity index (χ0) is 50.6. The Hall–Kier alpha value is -6.10. The summed E-state index contributed by atoms with van der Waals surface area (Å²) in [5.41, 5.74) is 6.63. The molecule has 0 spiro atoms. The molecular formula is C62H66O12. The average molecular weight is 1000 g/mol. The molecule has 0 amide bonds. The molecule has 0 unspecified atom stereocenters. The fraction of sp³-hybridized carbons (Fsp3) is 0.323. The molecule has 0 aliphatic carbocycles. The third-order valence-electron chi connectivity index (χ3n) is 13.0. The van der Waals surface area contributed by atoms with Crippen LogP contribution in [0, 0.1) is 0 Å². The van der Waals surface area contributed by atoms with Gasteiger partial charge in [0.25, 0.3) is 0 Å². The Morgan fingerprint density at radius 1 is 0.338 bits per heavy atom. The van der Waals surface area contributed by atoms with Gasteiger partial charge in [0.2, 0.25) is 0 Å². The first-order valence-electron chi connectivity index (χ1n) is 25.3. The lowest BCUT2D eigenvalue weighted by atomic mass is 9.95. The summed E-state index contributed by atoms with van der Waals surface area (Å²) in [5, 5.41) is 12.0. The van der Waals surface area contributed by atoms with Crippen molar-refractivity contribution in [2.45, 2.75) is 108 Å². The molecule has 386 valence electrons. The second-order valence-electron chi connectivity index (χ2n) is 18.4. The van der Waals surface area contributed by atoms with Gasteiger partial charge in [-0.15, -0.1) is 0 Å². The van der Waals surface area contributed by atoms with Crippen molar-refractivity contribution in [1.82, 2.24) is 0 Å². The third kappa shape index (κ3) is 15.3. The molecule has 0 bridgehead atoms. The Morgan fingerprint density at radius 2 is 0.662 bits per heavy atom. The van der Waals surface area contributed by atoms with Gasteiger partial charge in [-0.1, -0.05) is 194 Å². The van der Waals surface area contributed by atoms with Crippen LogP contribution in [0.15, 0.2) is 206 Å². The van der Waals surface area contributed by atoms with Crippen molar-refractivity contribution >= 4 is 0 Å². The zero-order valence-corrected chi connectivity index (χ0v) is 41.7. The summed E-state index contributed by atoms with van der Waals surface area (Å²) in [5.74, 6) is 0.721.